The second-order valence-corrected chi connectivity index (χ2v) is 5.06. The fraction of sp³-hybridized carbons (Fsp3) is 0.200. The lowest BCUT2D eigenvalue weighted by atomic mass is 10.1. The van der Waals surface area contributed by atoms with Crippen molar-refractivity contribution in [1.82, 2.24) is 15.0 Å². The fourth-order valence-electron chi connectivity index (χ4n) is 2.25. The van der Waals surface area contributed by atoms with Gasteiger partial charge in [-0.1, -0.05) is 23.7 Å². The number of hydrogen-bond donors (Lipinski definition) is 2. The van der Waals surface area contributed by atoms with E-state index in [4.69, 9.17) is 16.3 Å². The number of rotatable bonds is 5. The van der Waals surface area contributed by atoms with Gasteiger partial charge < -0.3 is 15.0 Å². The highest BCUT2D eigenvalue weighted by molar-refractivity contribution is 6.30. The zero-order valence-corrected chi connectivity index (χ0v) is 12.3. The summed E-state index contributed by atoms with van der Waals surface area (Å²) < 4.78 is 5.53. The molecule has 2 heterocycles. The molecular formula is C15H15ClN4O. The van der Waals surface area contributed by atoms with Gasteiger partial charge in [-0.15, -0.1) is 0 Å². The number of benzene rings is 1. The molecule has 0 fully saturated rings. The van der Waals surface area contributed by atoms with Gasteiger partial charge in [-0.05, 0) is 23.8 Å². The van der Waals surface area contributed by atoms with Crippen molar-refractivity contribution in [2.45, 2.75) is 6.10 Å². The van der Waals surface area contributed by atoms with Gasteiger partial charge in [0, 0.05) is 24.9 Å². The third-order valence-corrected chi connectivity index (χ3v) is 3.55. The smallest absolute Gasteiger partial charge is 0.142 e. The number of nitrogens with one attached hydrogen (secondary N) is 2. The first-order valence-corrected chi connectivity index (χ1v) is 6.96. The minimum absolute atomic E-state index is 0.104. The number of ether oxygens (including phenoxy) is 1. The predicted molar refractivity (Wildman–Crippen MR) is 83.6 cm³/mol. The summed E-state index contributed by atoms with van der Waals surface area (Å²) >= 11 is 6.03. The van der Waals surface area contributed by atoms with Crippen molar-refractivity contribution in [1.29, 1.82) is 0 Å². The molecule has 5 nitrogen and oxygen atoms in total. The van der Waals surface area contributed by atoms with Gasteiger partial charge in [-0.25, -0.2) is 9.97 Å². The van der Waals surface area contributed by atoms with E-state index in [1.807, 2.05) is 36.5 Å². The molecule has 0 bridgehead atoms. The van der Waals surface area contributed by atoms with E-state index in [0.29, 0.717) is 11.6 Å². The minimum atomic E-state index is -0.104. The summed E-state index contributed by atoms with van der Waals surface area (Å²) in [6.07, 6.45) is 3.27. The molecule has 21 heavy (non-hydrogen) atoms. The molecule has 0 aliphatic rings. The molecule has 0 spiro atoms. The van der Waals surface area contributed by atoms with Gasteiger partial charge in [-0.3, -0.25) is 0 Å². The Balaban J connectivity index is 1.78. The average Bonchev–Trinajstić information content (AvgIpc) is 2.97. The monoisotopic (exact) mass is 302 g/mol. The van der Waals surface area contributed by atoms with Crippen molar-refractivity contribution >= 4 is 28.5 Å². The quantitative estimate of drug-likeness (QED) is 0.758. The van der Waals surface area contributed by atoms with Gasteiger partial charge in [0.15, 0.2) is 0 Å². The first-order valence-electron chi connectivity index (χ1n) is 6.58. The van der Waals surface area contributed by atoms with Crippen molar-refractivity contribution in [3.63, 3.8) is 0 Å². The number of fused-ring (bicyclic) bond motifs is 1. The van der Waals surface area contributed by atoms with Crippen LogP contribution in [0.3, 0.4) is 0 Å². The van der Waals surface area contributed by atoms with Crippen molar-refractivity contribution < 1.29 is 4.74 Å². The van der Waals surface area contributed by atoms with Gasteiger partial charge in [0.2, 0.25) is 0 Å². The molecule has 6 heteroatoms. The standard InChI is InChI=1S/C15H15ClN4O/c1-21-13(10-3-2-4-11(16)7-10)8-18-15-12-5-6-17-14(12)19-9-20-15/h2-7,9,13H,8H2,1H3,(H2,17,18,19,20). The molecule has 1 aromatic carbocycles. The van der Waals surface area contributed by atoms with Crippen LogP contribution in [0.25, 0.3) is 11.0 Å². The van der Waals surface area contributed by atoms with Crippen LogP contribution in [-0.4, -0.2) is 28.6 Å². The van der Waals surface area contributed by atoms with Crippen molar-refractivity contribution in [2.24, 2.45) is 0 Å². The Labute approximate surface area is 127 Å². The summed E-state index contributed by atoms with van der Waals surface area (Å²) in [4.78, 5) is 11.5. The number of aromatic nitrogens is 3. The van der Waals surface area contributed by atoms with Crippen LogP contribution in [0.15, 0.2) is 42.9 Å². The first-order chi connectivity index (χ1) is 10.3. The molecule has 0 aliphatic carbocycles. The van der Waals surface area contributed by atoms with Crippen LogP contribution in [-0.2, 0) is 4.74 Å². The SMILES string of the molecule is COC(CNc1ncnc2[nH]ccc12)c1cccc(Cl)c1. The predicted octanol–water partition coefficient (Wildman–Crippen LogP) is 3.41. The van der Waals surface area contributed by atoms with Crippen LogP contribution in [0.4, 0.5) is 5.82 Å². The third-order valence-electron chi connectivity index (χ3n) is 3.31. The second-order valence-electron chi connectivity index (χ2n) is 4.62. The van der Waals surface area contributed by atoms with E-state index in [9.17, 15) is 0 Å². The molecule has 0 radical (unpaired) electrons. The fourth-order valence-corrected chi connectivity index (χ4v) is 2.45. The Morgan fingerprint density at radius 3 is 3.05 bits per heavy atom. The molecule has 1 unspecified atom stereocenters. The van der Waals surface area contributed by atoms with Gasteiger partial charge >= 0.3 is 0 Å². The molecule has 3 rings (SSSR count). The average molecular weight is 303 g/mol. The summed E-state index contributed by atoms with van der Waals surface area (Å²) in [5, 5.41) is 4.96. The van der Waals surface area contributed by atoms with E-state index in [0.717, 1.165) is 22.4 Å². The topological polar surface area (TPSA) is 62.8 Å². The van der Waals surface area contributed by atoms with Gasteiger partial charge in [0.05, 0.1) is 11.5 Å². The van der Waals surface area contributed by atoms with E-state index < -0.39 is 0 Å². The van der Waals surface area contributed by atoms with E-state index in [2.05, 4.69) is 20.3 Å². The molecule has 2 N–H and O–H groups in total. The summed E-state index contributed by atoms with van der Waals surface area (Å²) in [6.45, 7) is 0.591. The van der Waals surface area contributed by atoms with Crippen LogP contribution >= 0.6 is 11.6 Å². The molecule has 0 amide bonds. The summed E-state index contributed by atoms with van der Waals surface area (Å²) in [5.41, 5.74) is 1.83. The minimum Gasteiger partial charge on any atom is -0.375 e. The molecular weight excluding hydrogens is 288 g/mol. The summed E-state index contributed by atoms with van der Waals surface area (Å²) in [5.74, 6) is 0.783. The molecule has 0 aliphatic heterocycles. The van der Waals surface area contributed by atoms with Crippen LogP contribution in [0, 0.1) is 0 Å². The highest BCUT2D eigenvalue weighted by Gasteiger charge is 2.12. The molecule has 2 aromatic heterocycles. The lowest BCUT2D eigenvalue weighted by molar-refractivity contribution is 0.114. The van der Waals surface area contributed by atoms with E-state index in [-0.39, 0.29) is 6.10 Å². The second kappa shape index (κ2) is 6.11. The zero-order valence-electron chi connectivity index (χ0n) is 11.5. The molecule has 3 aromatic rings. The zero-order chi connectivity index (χ0) is 14.7. The number of nitrogens with zero attached hydrogens (tertiary/aromatic N) is 2. The Morgan fingerprint density at radius 2 is 2.24 bits per heavy atom. The van der Waals surface area contributed by atoms with Gasteiger partial charge in [0.1, 0.15) is 17.8 Å². The van der Waals surface area contributed by atoms with Crippen LogP contribution in [0.2, 0.25) is 5.02 Å². The maximum absolute atomic E-state index is 6.03. The number of anilines is 1. The number of methoxy groups -OCH3 is 1. The highest BCUT2D eigenvalue weighted by atomic mass is 35.5. The Hall–Kier alpha value is -2.11. The van der Waals surface area contributed by atoms with Crippen molar-refractivity contribution in [3.8, 4) is 0 Å². The number of aromatic amines is 1. The normalized spacial score (nSPS) is 12.5. The maximum atomic E-state index is 6.03. The highest BCUT2D eigenvalue weighted by Crippen LogP contribution is 2.22. The Bertz CT molecular complexity index is 743. The van der Waals surface area contributed by atoms with Crippen LogP contribution in [0.1, 0.15) is 11.7 Å². The van der Waals surface area contributed by atoms with E-state index >= 15 is 0 Å². The van der Waals surface area contributed by atoms with Gasteiger partial charge in [0.25, 0.3) is 0 Å². The molecule has 1 atom stereocenters. The molecule has 108 valence electrons. The number of H-pyrrole nitrogens is 1. The molecule has 0 saturated heterocycles. The van der Waals surface area contributed by atoms with Crippen molar-refractivity contribution in [3.05, 3.63) is 53.4 Å². The third kappa shape index (κ3) is 2.99. The Kier molecular flexibility index (Phi) is 4.03. The van der Waals surface area contributed by atoms with Crippen LogP contribution in [0.5, 0.6) is 0 Å². The largest absolute Gasteiger partial charge is 0.375 e. The lowest BCUT2D eigenvalue weighted by Gasteiger charge is -2.17. The van der Waals surface area contributed by atoms with Crippen molar-refractivity contribution in [2.75, 3.05) is 19.0 Å². The summed E-state index contributed by atoms with van der Waals surface area (Å²) in [6, 6.07) is 9.60. The van der Waals surface area contributed by atoms with Gasteiger partial charge in [-0.2, -0.15) is 0 Å². The van der Waals surface area contributed by atoms with Crippen LogP contribution < -0.4 is 5.32 Å². The van der Waals surface area contributed by atoms with E-state index in [1.54, 1.807) is 7.11 Å². The molecule has 0 saturated carbocycles. The maximum Gasteiger partial charge on any atom is 0.142 e. The lowest BCUT2D eigenvalue weighted by Crippen LogP contribution is -2.15. The Morgan fingerprint density at radius 1 is 1.33 bits per heavy atom. The first kappa shape index (κ1) is 13.9. The summed E-state index contributed by atoms with van der Waals surface area (Å²) in [7, 11) is 1.68. The number of halogens is 1. The number of hydrogen-bond acceptors (Lipinski definition) is 4. The van der Waals surface area contributed by atoms with E-state index in [1.165, 1.54) is 6.33 Å².